The largest absolute Gasteiger partial charge is 0.338 e. The zero-order valence-electron chi connectivity index (χ0n) is 5.92. The molecule has 0 aliphatic rings. The van der Waals surface area contributed by atoms with Crippen molar-refractivity contribution in [2.75, 3.05) is 7.05 Å². The molecule has 0 radical (unpaired) electrons. The van der Waals surface area contributed by atoms with Gasteiger partial charge in [0.05, 0.1) is 6.54 Å². The van der Waals surface area contributed by atoms with E-state index in [4.69, 9.17) is 4.52 Å². The Labute approximate surface area is 65.4 Å². The van der Waals surface area contributed by atoms with Gasteiger partial charge >= 0.3 is 0 Å². The molecule has 1 heterocycles. The maximum Gasteiger partial charge on any atom is 0.240 e. The zero-order chi connectivity index (χ0) is 6.69. The zero-order valence-corrected chi connectivity index (χ0v) is 6.73. The molecule has 0 aromatic carbocycles. The van der Waals surface area contributed by atoms with Crippen LogP contribution in [0.5, 0.6) is 0 Å². The van der Waals surface area contributed by atoms with Crippen molar-refractivity contribution in [3.8, 4) is 0 Å². The number of halogens is 1. The number of hydrogen-bond donors (Lipinski definition) is 1. The highest BCUT2D eigenvalue weighted by molar-refractivity contribution is 5.85. The van der Waals surface area contributed by atoms with Gasteiger partial charge in [0.2, 0.25) is 5.89 Å². The molecule has 0 aliphatic heterocycles. The summed E-state index contributed by atoms with van der Waals surface area (Å²) in [6.45, 7) is 2.43. The number of hydrogen-bond acceptors (Lipinski definition) is 4. The van der Waals surface area contributed by atoms with Crippen LogP contribution in [-0.2, 0) is 6.54 Å². The molecule has 58 valence electrons. The number of aromatic nitrogens is 2. The van der Waals surface area contributed by atoms with E-state index in [0.717, 1.165) is 0 Å². The van der Waals surface area contributed by atoms with E-state index in [9.17, 15) is 0 Å². The van der Waals surface area contributed by atoms with E-state index in [2.05, 4.69) is 15.5 Å². The predicted octanol–water partition coefficient (Wildman–Crippen LogP) is 0.519. The fraction of sp³-hybridized carbons (Fsp3) is 0.600. The van der Waals surface area contributed by atoms with Crippen LogP contribution >= 0.6 is 12.4 Å². The Morgan fingerprint density at radius 2 is 2.30 bits per heavy atom. The van der Waals surface area contributed by atoms with Crippen LogP contribution in [0.4, 0.5) is 0 Å². The van der Waals surface area contributed by atoms with Crippen LogP contribution in [0.3, 0.4) is 0 Å². The molecule has 4 nitrogen and oxygen atoms in total. The molecule has 0 amide bonds. The van der Waals surface area contributed by atoms with Crippen molar-refractivity contribution in [2.45, 2.75) is 13.5 Å². The van der Waals surface area contributed by atoms with Gasteiger partial charge in [-0.3, -0.25) is 0 Å². The standard InChI is InChI=1S/C5H9N3O.ClH/c1-4-7-5(3-6-2)9-8-4;/h6H,3H2,1-2H3;1H. The smallest absolute Gasteiger partial charge is 0.240 e. The lowest BCUT2D eigenvalue weighted by Gasteiger charge is -1.85. The van der Waals surface area contributed by atoms with Crippen LogP contribution in [0.15, 0.2) is 4.52 Å². The van der Waals surface area contributed by atoms with E-state index < -0.39 is 0 Å². The van der Waals surface area contributed by atoms with Crippen molar-refractivity contribution in [3.05, 3.63) is 11.7 Å². The summed E-state index contributed by atoms with van der Waals surface area (Å²) in [6, 6.07) is 0. The second kappa shape index (κ2) is 4.24. The van der Waals surface area contributed by atoms with Crippen molar-refractivity contribution >= 4 is 12.4 Å². The summed E-state index contributed by atoms with van der Waals surface area (Å²) in [4.78, 5) is 3.96. The average Bonchev–Trinajstić information content (AvgIpc) is 2.17. The van der Waals surface area contributed by atoms with Crippen LogP contribution in [0.25, 0.3) is 0 Å². The third-order valence-corrected chi connectivity index (χ3v) is 0.898. The Kier molecular flexibility index (Phi) is 3.99. The highest BCUT2D eigenvalue weighted by Crippen LogP contribution is 1.92. The van der Waals surface area contributed by atoms with E-state index in [-0.39, 0.29) is 12.4 Å². The van der Waals surface area contributed by atoms with Crippen LogP contribution in [0, 0.1) is 6.92 Å². The molecule has 5 heteroatoms. The topological polar surface area (TPSA) is 51.0 Å². The molecule has 0 unspecified atom stereocenters. The molecule has 0 aliphatic carbocycles. The van der Waals surface area contributed by atoms with Crippen molar-refractivity contribution in [2.24, 2.45) is 0 Å². The maximum absolute atomic E-state index is 4.78. The van der Waals surface area contributed by atoms with Gasteiger partial charge in [-0.25, -0.2) is 0 Å². The lowest BCUT2D eigenvalue weighted by atomic mass is 10.6. The Bertz CT molecular complexity index is 189. The summed E-state index contributed by atoms with van der Waals surface area (Å²) in [6.07, 6.45) is 0. The summed E-state index contributed by atoms with van der Waals surface area (Å²) >= 11 is 0. The quantitative estimate of drug-likeness (QED) is 0.691. The van der Waals surface area contributed by atoms with Crippen molar-refractivity contribution in [1.29, 1.82) is 0 Å². The fourth-order valence-electron chi connectivity index (χ4n) is 0.563. The molecular weight excluding hydrogens is 154 g/mol. The first-order chi connectivity index (χ1) is 4.33. The minimum atomic E-state index is 0. The summed E-state index contributed by atoms with van der Waals surface area (Å²) in [5, 5.41) is 6.51. The Hall–Kier alpha value is -0.610. The van der Waals surface area contributed by atoms with Gasteiger partial charge in [0, 0.05) is 0 Å². The van der Waals surface area contributed by atoms with Gasteiger partial charge in [-0.05, 0) is 14.0 Å². The van der Waals surface area contributed by atoms with Gasteiger partial charge in [0.25, 0.3) is 0 Å². The van der Waals surface area contributed by atoms with E-state index in [1.807, 2.05) is 7.05 Å². The molecule has 0 saturated carbocycles. The Morgan fingerprint density at radius 1 is 1.60 bits per heavy atom. The average molecular weight is 164 g/mol. The first kappa shape index (κ1) is 9.39. The van der Waals surface area contributed by atoms with Crippen molar-refractivity contribution < 1.29 is 4.52 Å². The SMILES string of the molecule is CNCc1nc(C)no1.Cl. The van der Waals surface area contributed by atoms with Gasteiger partial charge in [-0.1, -0.05) is 5.16 Å². The summed E-state index contributed by atoms with van der Waals surface area (Å²) < 4.78 is 4.78. The third-order valence-electron chi connectivity index (χ3n) is 0.898. The van der Waals surface area contributed by atoms with Gasteiger partial charge in [0.15, 0.2) is 5.82 Å². The first-order valence-electron chi connectivity index (χ1n) is 2.76. The molecule has 0 saturated heterocycles. The Morgan fingerprint density at radius 3 is 2.70 bits per heavy atom. The third kappa shape index (κ3) is 2.33. The molecule has 0 bridgehead atoms. The first-order valence-corrected chi connectivity index (χ1v) is 2.76. The van der Waals surface area contributed by atoms with E-state index in [0.29, 0.717) is 18.3 Å². The van der Waals surface area contributed by atoms with Crippen LogP contribution in [0.2, 0.25) is 0 Å². The molecule has 0 atom stereocenters. The Balaban J connectivity index is 0.000000810. The van der Waals surface area contributed by atoms with Gasteiger partial charge < -0.3 is 9.84 Å². The maximum atomic E-state index is 4.78. The molecule has 1 rings (SSSR count). The number of nitrogens with one attached hydrogen (secondary N) is 1. The van der Waals surface area contributed by atoms with Crippen LogP contribution < -0.4 is 5.32 Å². The van der Waals surface area contributed by atoms with E-state index in [1.54, 1.807) is 6.92 Å². The number of aryl methyl sites for hydroxylation is 1. The summed E-state index contributed by atoms with van der Waals surface area (Å²) in [5.41, 5.74) is 0. The second-order valence-corrected chi connectivity index (χ2v) is 1.77. The lowest BCUT2D eigenvalue weighted by molar-refractivity contribution is 0.368. The molecule has 0 fully saturated rings. The summed E-state index contributed by atoms with van der Waals surface area (Å²) in [5.74, 6) is 1.32. The highest BCUT2D eigenvalue weighted by atomic mass is 35.5. The minimum absolute atomic E-state index is 0. The molecule has 1 aromatic rings. The highest BCUT2D eigenvalue weighted by Gasteiger charge is 1.97. The molecule has 1 aromatic heterocycles. The second-order valence-electron chi connectivity index (χ2n) is 1.77. The summed E-state index contributed by atoms with van der Waals surface area (Å²) in [7, 11) is 1.83. The molecule has 0 spiro atoms. The number of rotatable bonds is 2. The van der Waals surface area contributed by atoms with E-state index in [1.165, 1.54) is 0 Å². The minimum Gasteiger partial charge on any atom is -0.338 e. The van der Waals surface area contributed by atoms with Gasteiger partial charge in [-0.15, -0.1) is 12.4 Å². The van der Waals surface area contributed by atoms with Crippen molar-refractivity contribution in [3.63, 3.8) is 0 Å². The van der Waals surface area contributed by atoms with Crippen LogP contribution in [0.1, 0.15) is 11.7 Å². The van der Waals surface area contributed by atoms with Crippen LogP contribution in [-0.4, -0.2) is 17.2 Å². The predicted molar refractivity (Wildman–Crippen MR) is 39.0 cm³/mol. The molecule has 1 N–H and O–H groups in total. The normalized spacial score (nSPS) is 9.00. The lowest BCUT2D eigenvalue weighted by Crippen LogP contribution is -2.04. The number of nitrogens with zero attached hydrogens (tertiary/aromatic N) is 2. The van der Waals surface area contributed by atoms with E-state index >= 15 is 0 Å². The monoisotopic (exact) mass is 163 g/mol. The van der Waals surface area contributed by atoms with Gasteiger partial charge in [0.1, 0.15) is 0 Å². The van der Waals surface area contributed by atoms with Crippen molar-refractivity contribution in [1.82, 2.24) is 15.5 Å². The van der Waals surface area contributed by atoms with Gasteiger partial charge in [-0.2, -0.15) is 4.98 Å². The molecular formula is C5H10ClN3O. The fourth-order valence-corrected chi connectivity index (χ4v) is 0.563. The molecule has 10 heavy (non-hydrogen) atoms.